The number of benzene rings is 1. The molecule has 1 saturated carbocycles. The van der Waals surface area contributed by atoms with Gasteiger partial charge in [-0.15, -0.1) is 0 Å². The van der Waals surface area contributed by atoms with Crippen molar-refractivity contribution in [2.45, 2.75) is 45.8 Å². The van der Waals surface area contributed by atoms with Crippen LogP contribution in [0.3, 0.4) is 0 Å². The van der Waals surface area contributed by atoms with Crippen molar-refractivity contribution >= 4 is 35.0 Å². The van der Waals surface area contributed by atoms with Gasteiger partial charge in [0.25, 0.3) is 5.91 Å². The van der Waals surface area contributed by atoms with Crippen LogP contribution < -0.4 is 5.32 Å². The molecule has 200 valence electrons. The standard InChI is InChI=1S/C27H28N2O9/c1-13(2)27(37)38-25-14(3)22(33)24(35)17(28-26(36)21-18(30)9-10-20(32)29-21)12-19(31)23(34)16(25)11-15-7-5-4-6-8-15/h4-10,13-14,16-17,25,30H,11-12H2,1-3H3,(H,28,36)(H,29,32)/t14-,16+,17+,25-/m1/s1. The molecule has 4 atom stereocenters. The summed E-state index contributed by atoms with van der Waals surface area (Å²) in [5.74, 6) is -10.5. The first-order chi connectivity index (χ1) is 17.9. The summed E-state index contributed by atoms with van der Waals surface area (Å²) in [4.78, 5) is 81.6. The lowest BCUT2D eigenvalue weighted by Crippen LogP contribution is -2.47. The van der Waals surface area contributed by atoms with Gasteiger partial charge in [-0.25, -0.2) is 4.98 Å². The Morgan fingerprint density at radius 3 is 2.29 bits per heavy atom. The summed E-state index contributed by atoms with van der Waals surface area (Å²) >= 11 is 0. The number of nitrogens with one attached hydrogen (secondary N) is 1. The topological polar surface area (TPSA) is 177 Å². The maximum Gasteiger partial charge on any atom is 0.308 e. The fourth-order valence-electron chi connectivity index (χ4n) is 4.11. The second kappa shape index (κ2) is 11.8. The van der Waals surface area contributed by atoms with E-state index in [4.69, 9.17) is 4.74 Å². The van der Waals surface area contributed by atoms with Crippen LogP contribution in [0.25, 0.3) is 0 Å². The van der Waals surface area contributed by atoms with Crippen LogP contribution in [0.4, 0.5) is 0 Å². The van der Waals surface area contributed by atoms with Crippen molar-refractivity contribution in [2.24, 2.45) is 17.8 Å². The highest BCUT2D eigenvalue weighted by molar-refractivity contribution is 6.44. The predicted molar refractivity (Wildman–Crippen MR) is 131 cm³/mol. The highest BCUT2D eigenvalue weighted by atomic mass is 16.5. The number of aromatic nitrogens is 1. The van der Waals surface area contributed by atoms with Gasteiger partial charge >= 0.3 is 5.97 Å². The highest BCUT2D eigenvalue weighted by Crippen LogP contribution is 2.28. The van der Waals surface area contributed by atoms with Crippen molar-refractivity contribution in [3.05, 3.63) is 53.7 Å². The first-order valence-electron chi connectivity index (χ1n) is 12.0. The summed E-state index contributed by atoms with van der Waals surface area (Å²) in [6.07, 6.45) is -2.28. The Morgan fingerprint density at radius 2 is 1.66 bits per heavy atom. The molecule has 0 bridgehead atoms. The predicted octanol–water partition coefficient (Wildman–Crippen LogP) is 1.33. The lowest BCUT2D eigenvalue weighted by atomic mass is 9.81. The molecule has 1 fully saturated rings. The van der Waals surface area contributed by atoms with Crippen LogP contribution in [-0.2, 0) is 35.1 Å². The Balaban J connectivity index is 2.00. The third-order valence-electron chi connectivity index (χ3n) is 6.27. The van der Waals surface area contributed by atoms with E-state index in [2.05, 4.69) is 10.3 Å². The summed E-state index contributed by atoms with van der Waals surface area (Å²) < 4.78 is 5.55. The van der Waals surface area contributed by atoms with Crippen LogP contribution in [0, 0.1) is 17.8 Å². The number of ether oxygens (including phenoxy) is 1. The van der Waals surface area contributed by atoms with E-state index in [1.165, 1.54) is 6.92 Å². The third kappa shape index (κ3) is 6.28. The zero-order valence-corrected chi connectivity index (χ0v) is 21.0. The van der Waals surface area contributed by atoms with E-state index in [0.717, 1.165) is 12.1 Å². The molecule has 1 heterocycles. The van der Waals surface area contributed by atoms with Crippen LogP contribution in [0.2, 0.25) is 0 Å². The van der Waals surface area contributed by atoms with Crippen LogP contribution in [0.1, 0.15) is 43.2 Å². The average molecular weight is 525 g/mol. The number of carbonyl (C=O) groups excluding carboxylic acids is 6. The monoisotopic (exact) mass is 524 g/mol. The number of pyridine rings is 1. The van der Waals surface area contributed by atoms with Crippen molar-refractivity contribution < 1.29 is 43.7 Å². The number of amides is 1. The zero-order chi connectivity index (χ0) is 28.1. The van der Waals surface area contributed by atoms with Gasteiger partial charge in [0, 0.05) is 12.5 Å². The minimum atomic E-state index is -1.76. The molecule has 0 radical (unpaired) electrons. The normalized spacial score (nSPS) is 22.4. The first kappa shape index (κ1) is 28.2. The quantitative estimate of drug-likeness (QED) is 0.369. The fraction of sp³-hybridized carbons (Fsp3) is 0.370. The molecule has 1 aromatic heterocycles. The number of aromatic hydroxyl groups is 2. The molecule has 0 unspecified atom stereocenters. The molecule has 11 heteroatoms. The number of Topliss-reactive ketones (excluding diaryl/α,β-unsaturated/α-hetero) is 4. The summed E-state index contributed by atoms with van der Waals surface area (Å²) in [6, 6.07) is 8.88. The molecule has 2 aromatic rings. The zero-order valence-electron chi connectivity index (χ0n) is 21.0. The van der Waals surface area contributed by atoms with Gasteiger partial charge in [-0.3, -0.25) is 28.8 Å². The number of esters is 1. The van der Waals surface area contributed by atoms with Crippen molar-refractivity contribution in [2.75, 3.05) is 0 Å². The molecular formula is C27H28N2O9. The van der Waals surface area contributed by atoms with Crippen LogP contribution in [0.15, 0.2) is 42.5 Å². The Morgan fingerprint density at radius 1 is 1.00 bits per heavy atom. The number of hydrogen-bond donors (Lipinski definition) is 3. The van der Waals surface area contributed by atoms with E-state index in [0.29, 0.717) is 5.56 Å². The van der Waals surface area contributed by atoms with Crippen molar-refractivity contribution in [1.29, 1.82) is 0 Å². The molecule has 1 aliphatic rings. The molecule has 1 aromatic carbocycles. The maximum atomic E-state index is 13.4. The van der Waals surface area contributed by atoms with Gasteiger partial charge in [0.05, 0.1) is 17.8 Å². The third-order valence-corrected chi connectivity index (χ3v) is 6.27. The van der Waals surface area contributed by atoms with Gasteiger partial charge in [0.1, 0.15) is 17.9 Å². The minimum Gasteiger partial charge on any atom is -0.505 e. The number of hydrogen-bond acceptors (Lipinski definition) is 10. The van der Waals surface area contributed by atoms with Crippen molar-refractivity contribution in [3.63, 3.8) is 0 Å². The van der Waals surface area contributed by atoms with E-state index in [1.54, 1.807) is 44.2 Å². The Kier molecular flexibility index (Phi) is 8.72. The van der Waals surface area contributed by atoms with Gasteiger partial charge in [-0.1, -0.05) is 51.1 Å². The van der Waals surface area contributed by atoms with E-state index in [9.17, 15) is 39.0 Å². The summed E-state index contributed by atoms with van der Waals surface area (Å²) in [6.45, 7) is 4.44. The maximum absolute atomic E-state index is 13.4. The molecule has 1 aliphatic carbocycles. The smallest absolute Gasteiger partial charge is 0.308 e. The Hall–Kier alpha value is -4.41. The summed E-state index contributed by atoms with van der Waals surface area (Å²) in [7, 11) is 0. The second-order valence-electron chi connectivity index (χ2n) is 9.42. The first-order valence-corrected chi connectivity index (χ1v) is 12.0. The van der Waals surface area contributed by atoms with Crippen LogP contribution in [-0.4, -0.2) is 62.4 Å². The number of carbonyl (C=O) groups is 6. The molecule has 0 saturated heterocycles. The lowest BCUT2D eigenvalue weighted by molar-refractivity contribution is -0.163. The van der Waals surface area contributed by atoms with Gasteiger partial charge in [-0.2, -0.15) is 0 Å². The van der Waals surface area contributed by atoms with E-state index < -0.39 is 88.7 Å². The highest BCUT2D eigenvalue weighted by Gasteiger charge is 2.46. The Bertz CT molecular complexity index is 1270. The molecule has 1 amide bonds. The molecule has 3 N–H and O–H groups in total. The van der Waals surface area contributed by atoms with Crippen molar-refractivity contribution in [3.8, 4) is 11.6 Å². The van der Waals surface area contributed by atoms with Gasteiger partial charge in [0.15, 0.2) is 5.69 Å². The average Bonchev–Trinajstić information content (AvgIpc) is 2.91. The molecule has 0 spiro atoms. The molecular weight excluding hydrogens is 496 g/mol. The van der Waals surface area contributed by atoms with Crippen LogP contribution in [0.5, 0.6) is 11.6 Å². The fourth-order valence-corrected chi connectivity index (χ4v) is 4.11. The van der Waals surface area contributed by atoms with E-state index >= 15 is 0 Å². The number of rotatable bonds is 6. The van der Waals surface area contributed by atoms with Gasteiger partial charge in [0.2, 0.25) is 29.0 Å². The molecule has 3 rings (SSSR count). The van der Waals surface area contributed by atoms with E-state index in [1.807, 2.05) is 0 Å². The van der Waals surface area contributed by atoms with E-state index in [-0.39, 0.29) is 6.42 Å². The number of nitrogens with zero attached hydrogens (tertiary/aromatic N) is 1. The number of ketones is 4. The van der Waals surface area contributed by atoms with Crippen molar-refractivity contribution in [1.82, 2.24) is 10.3 Å². The van der Waals surface area contributed by atoms with Crippen LogP contribution >= 0.6 is 0 Å². The largest absolute Gasteiger partial charge is 0.505 e. The van der Waals surface area contributed by atoms with Gasteiger partial charge < -0.3 is 20.3 Å². The summed E-state index contributed by atoms with van der Waals surface area (Å²) in [5, 5.41) is 21.6. The Labute approximate surface area is 218 Å². The second-order valence-corrected chi connectivity index (χ2v) is 9.42. The SMILES string of the molecule is CC(C)C(=O)O[C@@H]1[C@H](C)C(=O)C(=O)[C@@H](NC(=O)c2nc(O)ccc2O)CC(=O)C(=O)[C@@H]1Cc1ccccc1. The molecule has 11 nitrogen and oxygen atoms in total. The molecule has 38 heavy (non-hydrogen) atoms. The lowest BCUT2D eigenvalue weighted by Gasteiger charge is -2.29. The minimum absolute atomic E-state index is 0.0363. The summed E-state index contributed by atoms with van der Waals surface area (Å²) in [5.41, 5.74) is -0.00704. The molecule has 0 aliphatic heterocycles. The van der Waals surface area contributed by atoms with Gasteiger partial charge in [-0.05, 0) is 18.1 Å².